The summed E-state index contributed by atoms with van der Waals surface area (Å²) in [5, 5.41) is 0. The van der Waals surface area contributed by atoms with E-state index in [4.69, 9.17) is 14.2 Å². The Morgan fingerprint density at radius 3 is 2.47 bits per heavy atom. The molecule has 1 saturated heterocycles. The van der Waals surface area contributed by atoms with Crippen molar-refractivity contribution < 1.29 is 31.8 Å². The molecule has 2 heterocycles. The van der Waals surface area contributed by atoms with Gasteiger partial charge in [-0.3, -0.25) is 0 Å². The summed E-state index contributed by atoms with van der Waals surface area (Å²) in [6.07, 6.45) is 2.66. The lowest BCUT2D eigenvalue weighted by atomic mass is 10.1. The number of sulfone groups is 1. The standard InChI is InChI=1S/C20H23BrFN3O6S/c1-12(2)29-20(26)25-8-6-13(7-9-25)30-18-17(21)19(24-11-23-18)31-16-5-4-14(10-15(16)22)32(3,27)28/h4-5,10-13H,6-9H2,1-3H3. The van der Waals surface area contributed by atoms with E-state index in [9.17, 15) is 17.6 Å². The van der Waals surface area contributed by atoms with E-state index in [-0.39, 0.29) is 45.2 Å². The first-order valence-corrected chi connectivity index (χ1v) is 12.5. The number of piperidine rings is 1. The first kappa shape index (κ1) is 24.2. The summed E-state index contributed by atoms with van der Waals surface area (Å²) in [6.45, 7) is 4.57. The molecule has 0 unspecified atom stereocenters. The van der Waals surface area contributed by atoms with Crippen LogP contribution in [0.25, 0.3) is 0 Å². The Morgan fingerprint density at radius 1 is 1.22 bits per heavy atom. The van der Waals surface area contributed by atoms with E-state index in [1.165, 1.54) is 18.5 Å². The zero-order valence-electron chi connectivity index (χ0n) is 17.7. The van der Waals surface area contributed by atoms with Crippen molar-refractivity contribution in [3.63, 3.8) is 0 Å². The largest absolute Gasteiger partial charge is 0.473 e. The van der Waals surface area contributed by atoms with Crippen LogP contribution in [0.2, 0.25) is 0 Å². The van der Waals surface area contributed by atoms with Gasteiger partial charge in [0.15, 0.2) is 21.4 Å². The third-order valence-electron chi connectivity index (χ3n) is 4.58. The lowest BCUT2D eigenvalue weighted by Gasteiger charge is -2.31. The van der Waals surface area contributed by atoms with Crippen LogP contribution in [-0.4, -0.2) is 60.9 Å². The van der Waals surface area contributed by atoms with Crippen LogP contribution in [0.4, 0.5) is 9.18 Å². The van der Waals surface area contributed by atoms with E-state index in [1.807, 2.05) is 0 Å². The molecule has 0 saturated carbocycles. The molecule has 3 rings (SSSR count). The summed E-state index contributed by atoms with van der Waals surface area (Å²) < 4.78 is 54.4. The van der Waals surface area contributed by atoms with Gasteiger partial charge in [0.05, 0.1) is 11.0 Å². The molecule has 0 bridgehead atoms. The van der Waals surface area contributed by atoms with Gasteiger partial charge in [0.2, 0.25) is 11.8 Å². The quantitative estimate of drug-likeness (QED) is 0.550. The fraction of sp³-hybridized carbons (Fsp3) is 0.450. The van der Waals surface area contributed by atoms with Crippen molar-refractivity contribution in [1.29, 1.82) is 0 Å². The molecule has 174 valence electrons. The predicted molar refractivity (Wildman–Crippen MR) is 116 cm³/mol. The smallest absolute Gasteiger partial charge is 0.410 e. The molecule has 1 aromatic carbocycles. The number of halogens is 2. The average Bonchev–Trinajstić information content (AvgIpc) is 2.71. The van der Waals surface area contributed by atoms with Crippen molar-refractivity contribution in [2.45, 2.75) is 43.8 Å². The molecule has 0 atom stereocenters. The summed E-state index contributed by atoms with van der Waals surface area (Å²) in [4.78, 5) is 21.6. The van der Waals surface area contributed by atoms with E-state index in [1.54, 1.807) is 18.7 Å². The van der Waals surface area contributed by atoms with Gasteiger partial charge in [0, 0.05) is 32.2 Å². The molecule has 9 nitrogen and oxygen atoms in total. The van der Waals surface area contributed by atoms with Gasteiger partial charge < -0.3 is 19.1 Å². The Balaban J connectivity index is 1.66. The van der Waals surface area contributed by atoms with Gasteiger partial charge in [-0.05, 0) is 48.0 Å². The van der Waals surface area contributed by atoms with E-state index in [2.05, 4.69) is 25.9 Å². The van der Waals surface area contributed by atoms with Crippen molar-refractivity contribution in [2.75, 3.05) is 19.3 Å². The Labute approximate surface area is 193 Å². The molecule has 0 aliphatic carbocycles. The predicted octanol–water partition coefficient (Wildman–Crippen LogP) is 3.96. The number of aromatic nitrogens is 2. The van der Waals surface area contributed by atoms with Crippen LogP contribution in [0.15, 0.2) is 33.9 Å². The fourth-order valence-electron chi connectivity index (χ4n) is 2.98. The molecular formula is C20H23BrFN3O6S. The van der Waals surface area contributed by atoms with Gasteiger partial charge in [-0.1, -0.05) is 0 Å². The Bertz CT molecular complexity index is 1090. The van der Waals surface area contributed by atoms with E-state index in [0.29, 0.717) is 25.9 Å². The van der Waals surface area contributed by atoms with Crippen LogP contribution in [0, 0.1) is 5.82 Å². The second kappa shape index (κ2) is 9.99. The van der Waals surface area contributed by atoms with Crippen LogP contribution in [0.1, 0.15) is 26.7 Å². The summed E-state index contributed by atoms with van der Waals surface area (Å²) in [7, 11) is -3.54. The molecule has 1 aromatic heterocycles. The Hall–Kier alpha value is -2.47. The van der Waals surface area contributed by atoms with Gasteiger partial charge in [-0.25, -0.2) is 27.6 Å². The Morgan fingerprint density at radius 2 is 1.88 bits per heavy atom. The second-order valence-corrected chi connectivity index (χ2v) is 10.3. The van der Waals surface area contributed by atoms with Crippen LogP contribution >= 0.6 is 15.9 Å². The molecule has 0 N–H and O–H groups in total. The minimum atomic E-state index is -3.54. The van der Waals surface area contributed by atoms with Crippen LogP contribution < -0.4 is 9.47 Å². The maximum Gasteiger partial charge on any atom is 0.410 e. The second-order valence-electron chi connectivity index (χ2n) is 7.50. The highest BCUT2D eigenvalue weighted by molar-refractivity contribution is 9.10. The molecule has 0 spiro atoms. The molecule has 12 heteroatoms. The number of ether oxygens (including phenoxy) is 3. The number of hydrogen-bond acceptors (Lipinski definition) is 8. The first-order chi connectivity index (χ1) is 15.0. The molecule has 1 fully saturated rings. The maximum atomic E-state index is 14.3. The zero-order valence-corrected chi connectivity index (χ0v) is 20.2. The van der Waals surface area contributed by atoms with Crippen LogP contribution in [0.3, 0.4) is 0 Å². The number of rotatable bonds is 6. The van der Waals surface area contributed by atoms with Crippen molar-refractivity contribution >= 4 is 31.9 Å². The number of carbonyl (C=O) groups is 1. The number of amides is 1. The van der Waals surface area contributed by atoms with E-state index >= 15 is 0 Å². The lowest BCUT2D eigenvalue weighted by molar-refractivity contribution is 0.0505. The minimum Gasteiger partial charge on any atom is -0.473 e. The number of nitrogens with zero attached hydrogens (tertiary/aromatic N) is 3. The molecule has 1 amide bonds. The molecule has 1 aliphatic rings. The fourth-order valence-corrected chi connectivity index (χ4v) is 3.99. The highest BCUT2D eigenvalue weighted by Crippen LogP contribution is 2.35. The zero-order chi connectivity index (χ0) is 23.5. The lowest BCUT2D eigenvalue weighted by Crippen LogP contribution is -2.42. The van der Waals surface area contributed by atoms with Crippen LogP contribution in [0.5, 0.6) is 17.5 Å². The topological polar surface area (TPSA) is 108 Å². The SMILES string of the molecule is CC(C)OC(=O)N1CCC(Oc2ncnc(Oc3ccc(S(C)(=O)=O)cc3F)c2Br)CC1. The van der Waals surface area contributed by atoms with Crippen molar-refractivity contribution in [3.05, 3.63) is 34.8 Å². The Kier molecular flexibility index (Phi) is 7.55. The monoisotopic (exact) mass is 531 g/mol. The summed E-state index contributed by atoms with van der Waals surface area (Å²) in [5.41, 5.74) is 0. The number of benzene rings is 1. The van der Waals surface area contributed by atoms with Crippen molar-refractivity contribution in [3.8, 4) is 17.5 Å². The minimum absolute atomic E-state index is 0.0129. The van der Waals surface area contributed by atoms with Gasteiger partial charge in [-0.2, -0.15) is 0 Å². The average molecular weight is 532 g/mol. The molecule has 32 heavy (non-hydrogen) atoms. The number of hydrogen-bond donors (Lipinski definition) is 0. The highest BCUT2D eigenvalue weighted by Gasteiger charge is 2.27. The molecule has 1 aliphatic heterocycles. The third kappa shape index (κ3) is 6.06. The molecule has 0 radical (unpaired) electrons. The first-order valence-electron chi connectivity index (χ1n) is 9.84. The van der Waals surface area contributed by atoms with Crippen molar-refractivity contribution in [1.82, 2.24) is 14.9 Å². The van der Waals surface area contributed by atoms with Gasteiger partial charge in [0.25, 0.3) is 0 Å². The number of likely N-dealkylation sites (tertiary alicyclic amines) is 1. The van der Waals surface area contributed by atoms with Gasteiger partial charge in [-0.15, -0.1) is 0 Å². The third-order valence-corrected chi connectivity index (χ3v) is 6.37. The normalized spacial score (nSPS) is 15.0. The van der Waals surface area contributed by atoms with Crippen molar-refractivity contribution in [2.24, 2.45) is 0 Å². The van der Waals surface area contributed by atoms with Gasteiger partial charge >= 0.3 is 6.09 Å². The van der Waals surface area contributed by atoms with E-state index < -0.39 is 15.7 Å². The highest BCUT2D eigenvalue weighted by atomic mass is 79.9. The summed E-state index contributed by atoms with van der Waals surface area (Å²) in [6, 6.07) is 3.35. The summed E-state index contributed by atoms with van der Waals surface area (Å²) >= 11 is 3.32. The van der Waals surface area contributed by atoms with Crippen LogP contribution in [-0.2, 0) is 14.6 Å². The van der Waals surface area contributed by atoms with E-state index in [0.717, 1.165) is 12.3 Å². The number of carbonyl (C=O) groups excluding carboxylic acids is 1. The van der Waals surface area contributed by atoms with Gasteiger partial charge in [0.1, 0.15) is 16.9 Å². The molecule has 2 aromatic rings. The summed E-state index contributed by atoms with van der Waals surface area (Å²) in [5.74, 6) is -0.813. The molecular weight excluding hydrogens is 509 g/mol. The maximum absolute atomic E-state index is 14.3.